The Morgan fingerprint density at radius 2 is 2.13 bits per heavy atom. The molecule has 1 spiro atoms. The molecule has 0 bridgehead atoms. The molecular formula is C17H23N3O2S. The third kappa shape index (κ3) is 3.66. The minimum Gasteiger partial charge on any atom is -0.468 e. The fourth-order valence-corrected chi connectivity index (χ4v) is 4.43. The smallest absolute Gasteiger partial charge is 0.117 e. The van der Waals surface area contributed by atoms with Gasteiger partial charge in [0.1, 0.15) is 10.8 Å². The van der Waals surface area contributed by atoms with Crippen LogP contribution in [-0.2, 0) is 17.8 Å². The van der Waals surface area contributed by atoms with Gasteiger partial charge in [0.2, 0.25) is 0 Å². The lowest BCUT2D eigenvalue weighted by atomic mass is 9.87. The molecule has 2 aromatic rings. The van der Waals surface area contributed by atoms with Crippen molar-refractivity contribution in [3.05, 3.63) is 40.7 Å². The van der Waals surface area contributed by atoms with Gasteiger partial charge >= 0.3 is 0 Å². The topological polar surface area (TPSA) is 41.7 Å². The Morgan fingerprint density at radius 3 is 2.91 bits per heavy atom. The van der Waals surface area contributed by atoms with E-state index in [-0.39, 0.29) is 5.41 Å². The summed E-state index contributed by atoms with van der Waals surface area (Å²) in [5, 5.41) is 3.26. The van der Waals surface area contributed by atoms with Crippen LogP contribution >= 0.6 is 11.3 Å². The average Bonchev–Trinajstić information content (AvgIpc) is 3.25. The maximum absolute atomic E-state index is 5.96. The Bertz CT molecular complexity index is 601. The number of likely N-dealkylation sites (tertiary alicyclic amines) is 1. The summed E-state index contributed by atoms with van der Waals surface area (Å²) in [5.41, 5.74) is 0.250. The number of ether oxygens (including phenoxy) is 1. The molecule has 23 heavy (non-hydrogen) atoms. The zero-order chi connectivity index (χ0) is 15.5. The molecule has 124 valence electrons. The van der Waals surface area contributed by atoms with E-state index in [0.717, 1.165) is 58.2 Å². The second-order valence-corrected chi connectivity index (χ2v) is 7.71. The minimum absolute atomic E-state index is 0.250. The van der Waals surface area contributed by atoms with E-state index in [4.69, 9.17) is 9.15 Å². The predicted molar refractivity (Wildman–Crippen MR) is 89.2 cm³/mol. The molecule has 6 heteroatoms. The van der Waals surface area contributed by atoms with Crippen LogP contribution in [0.4, 0.5) is 0 Å². The third-order valence-electron chi connectivity index (χ3n) is 4.84. The van der Waals surface area contributed by atoms with Crippen LogP contribution in [-0.4, -0.2) is 54.2 Å². The van der Waals surface area contributed by atoms with Gasteiger partial charge in [-0.2, -0.15) is 0 Å². The van der Waals surface area contributed by atoms with Gasteiger partial charge in [-0.15, -0.1) is 11.3 Å². The van der Waals surface area contributed by atoms with Gasteiger partial charge in [0, 0.05) is 36.6 Å². The van der Waals surface area contributed by atoms with Crippen LogP contribution in [0.25, 0.3) is 0 Å². The van der Waals surface area contributed by atoms with Crippen molar-refractivity contribution in [2.45, 2.75) is 19.5 Å². The summed E-state index contributed by atoms with van der Waals surface area (Å²) in [7, 11) is 0. The van der Waals surface area contributed by atoms with Crippen LogP contribution in [0.3, 0.4) is 0 Å². The average molecular weight is 333 g/mol. The lowest BCUT2D eigenvalue weighted by molar-refractivity contribution is 0.0701. The van der Waals surface area contributed by atoms with E-state index in [1.807, 2.05) is 12.3 Å². The Labute approximate surface area is 140 Å². The Balaban J connectivity index is 1.40. The number of hydrogen-bond donors (Lipinski definition) is 0. The highest BCUT2D eigenvalue weighted by Crippen LogP contribution is 2.34. The highest BCUT2D eigenvalue weighted by Gasteiger charge is 2.41. The largest absolute Gasteiger partial charge is 0.468 e. The van der Waals surface area contributed by atoms with Crippen molar-refractivity contribution in [3.63, 3.8) is 0 Å². The second kappa shape index (κ2) is 6.73. The van der Waals surface area contributed by atoms with Gasteiger partial charge in [0.15, 0.2) is 0 Å². The fraction of sp³-hybridized carbons (Fsp3) is 0.588. The third-order valence-corrected chi connectivity index (χ3v) is 5.60. The Kier molecular flexibility index (Phi) is 4.48. The molecule has 0 unspecified atom stereocenters. The Morgan fingerprint density at radius 1 is 1.22 bits per heavy atom. The SMILES string of the molecule is c1coc(CN2CC[C@@]3(COCCN(Cc4nccs4)C3)C2)c1. The molecule has 0 amide bonds. The van der Waals surface area contributed by atoms with Crippen LogP contribution in [0.2, 0.25) is 0 Å². The van der Waals surface area contributed by atoms with E-state index in [9.17, 15) is 0 Å². The van der Waals surface area contributed by atoms with Crippen LogP contribution < -0.4 is 0 Å². The molecule has 0 N–H and O–H groups in total. The standard InChI is InChI=1S/C17H23N3O2S/c1-2-15(22-7-1)10-19-5-3-17(12-19)13-20(6-8-21-14-17)11-16-18-4-9-23-16/h1-2,4,7,9H,3,5-6,8,10-14H2/t17-/m1/s1. The van der Waals surface area contributed by atoms with Crippen molar-refractivity contribution in [1.82, 2.24) is 14.8 Å². The molecule has 2 saturated heterocycles. The van der Waals surface area contributed by atoms with Crippen LogP contribution in [0.15, 0.2) is 34.4 Å². The van der Waals surface area contributed by atoms with E-state index in [0.29, 0.717) is 0 Å². The lowest BCUT2D eigenvalue weighted by Crippen LogP contribution is -2.40. The molecule has 0 saturated carbocycles. The predicted octanol–water partition coefficient (Wildman–Crippen LogP) is 2.46. The molecule has 2 aromatic heterocycles. The summed E-state index contributed by atoms with van der Waals surface area (Å²) >= 11 is 1.74. The summed E-state index contributed by atoms with van der Waals surface area (Å²) in [6.45, 7) is 7.85. The Hall–Kier alpha value is -1.21. The fourth-order valence-electron chi connectivity index (χ4n) is 3.77. The van der Waals surface area contributed by atoms with Crippen molar-refractivity contribution in [2.24, 2.45) is 5.41 Å². The number of furan rings is 1. The maximum Gasteiger partial charge on any atom is 0.117 e. The highest BCUT2D eigenvalue weighted by molar-refractivity contribution is 7.09. The lowest BCUT2D eigenvalue weighted by Gasteiger charge is -2.31. The van der Waals surface area contributed by atoms with E-state index in [1.165, 1.54) is 11.4 Å². The van der Waals surface area contributed by atoms with Crippen molar-refractivity contribution in [2.75, 3.05) is 39.4 Å². The summed E-state index contributed by atoms with van der Waals surface area (Å²) in [5.74, 6) is 1.05. The monoisotopic (exact) mass is 333 g/mol. The van der Waals surface area contributed by atoms with Gasteiger partial charge < -0.3 is 9.15 Å². The summed E-state index contributed by atoms with van der Waals surface area (Å²) in [4.78, 5) is 9.45. The highest BCUT2D eigenvalue weighted by atomic mass is 32.1. The number of aromatic nitrogens is 1. The van der Waals surface area contributed by atoms with Crippen molar-refractivity contribution >= 4 is 11.3 Å². The van der Waals surface area contributed by atoms with Gasteiger partial charge in [-0.05, 0) is 25.1 Å². The molecule has 0 radical (unpaired) electrons. The first-order valence-electron chi connectivity index (χ1n) is 8.25. The van der Waals surface area contributed by atoms with Crippen LogP contribution in [0.1, 0.15) is 17.2 Å². The van der Waals surface area contributed by atoms with Crippen LogP contribution in [0, 0.1) is 5.41 Å². The van der Waals surface area contributed by atoms with Crippen molar-refractivity contribution < 1.29 is 9.15 Å². The number of nitrogens with zero attached hydrogens (tertiary/aromatic N) is 3. The van der Waals surface area contributed by atoms with Gasteiger partial charge in [-0.1, -0.05) is 0 Å². The second-order valence-electron chi connectivity index (χ2n) is 6.73. The molecule has 0 aromatic carbocycles. The first kappa shape index (κ1) is 15.3. The molecule has 1 atom stereocenters. The normalized spacial score (nSPS) is 26.8. The molecule has 2 fully saturated rings. The molecule has 5 nitrogen and oxygen atoms in total. The molecule has 4 rings (SSSR count). The molecule has 0 aliphatic carbocycles. The van der Waals surface area contributed by atoms with Gasteiger partial charge in [0.05, 0.1) is 32.6 Å². The van der Waals surface area contributed by atoms with E-state index < -0.39 is 0 Å². The maximum atomic E-state index is 5.96. The zero-order valence-electron chi connectivity index (χ0n) is 13.3. The van der Waals surface area contributed by atoms with Crippen LogP contribution in [0.5, 0.6) is 0 Å². The van der Waals surface area contributed by atoms with Crippen molar-refractivity contribution in [1.29, 1.82) is 0 Å². The quantitative estimate of drug-likeness (QED) is 0.860. The number of thiazole rings is 1. The van der Waals surface area contributed by atoms with Gasteiger partial charge in [0.25, 0.3) is 0 Å². The summed E-state index contributed by atoms with van der Waals surface area (Å²) in [6.07, 6.45) is 4.85. The first-order valence-corrected chi connectivity index (χ1v) is 9.13. The van der Waals surface area contributed by atoms with Gasteiger partial charge in [-0.3, -0.25) is 9.80 Å². The first-order chi connectivity index (χ1) is 11.3. The van der Waals surface area contributed by atoms with E-state index in [2.05, 4.69) is 26.2 Å². The van der Waals surface area contributed by atoms with E-state index in [1.54, 1.807) is 17.6 Å². The number of rotatable bonds is 4. The van der Waals surface area contributed by atoms with E-state index >= 15 is 0 Å². The zero-order valence-corrected chi connectivity index (χ0v) is 14.1. The molecular weight excluding hydrogens is 310 g/mol. The molecule has 4 heterocycles. The summed E-state index contributed by atoms with van der Waals surface area (Å²) in [6, 6.07) is 4.02. The van der Waals surface area contributed by atoms with Gasteiger partial charge in [-0.25, -0.2) is 4.98 Å². The molecule has 2 aliphatic rings. The van der Waals surface area contributed by atoms with Crippen molar-refractivity contribution in [3.8, 4) is 0 Å². The number of hydrogen-bond acceptors (Lipinski definition) is 6. The molecule has 2 aliphatic heterocycles. The minimum atomic E-state index is 0.250. The summed E-state index contributed by atoms with van der Waals surface area (Å²) < 4.78 is 11.5.